The van der Waals surface area contributed by atoms with E-state index in [0.717, 1.165) is 15.8 Å². The number of carbonyl (C=O) groups excluding carboxylic acids is 2. The lowest BCUT2D eigenvalue weighted by atomic mass is 9.96. The molecule has 2 aromatic carbocycles. The Hall–Kier alpha value is -3.84. The van der Waals surface area contributed by atoms with Crippen LogP contribution in [0.3, 0.4) is 0 Å². The molecule has 0 saturated carbocycles. The number of amides is 1. The highest BCUT2D eigenvalue weighted by molar-refractivity contribution is 7.22. The molecule has 6 nitrogen and oxygen atoms in total. The Morgan fingerprint density at radius 3 is 2.52 bits per heavy atom. The van der Waals surface area contributed by atoms with Gasteiger partial charge in [-0.3, -0.25) is 19.5 Å². The highest BCUT2D eigenvalue weighted by atomic mass is 32.1. The first kappa shape index (κ1) is 19.1. The van der Waals surface area contributed by atoms with Crippen LogP contribution in [0.25, 0.3) is 16.0 Å². The summed E-state index contributed by atoms with van der Waals surface area (Å²) in [6.45, 7) is 1.99. The van der Waals surface area contributed by atoms with E-state index in [0.29, 0.717) is 16.3 Å². The molecule has 5 rings (SSSR count). The fourth-order valence-electron chi connectivity index (χ4n) is 3.77. The lowest BCUT2D eigenvalue weighted by Crippen LogP contribution is -2.29. The average molecular weight is 427 g/mol. The van der Waals surface area contributed by atoms with Gasteiger partial charge in [0.05, 0.1) is 21.8 Å². The number of aryl methyl sites for hydroxylation is 1. The molecule has 31 heavy (non-hydrogen) atoms. The molecule has 0 aliphatic carbocycles. The zero-order valence-corrected chi connectivity index (χ0v) is 17.3. The van der Waals surface area contributed by atoms with Crippen LogP contribution in [0.4, 0.5) is 5.13 Å². The molecular weight excluding hydrogens is 410 g/mol. The molecule has 1 aliphatic heterocycles. The third-order valence-corrected chi connectivity index (χ3v) is 6.27. The third kappa shape index (κ3) is 3.19. The molecule has 1 saturated heterocycles. The van der Waals surface area contributed by atoms with Gasteiger partial charge in [-0.2, -0.15) is 0 Å². The van der Waals surface area contributed by atoms with Gasteiger partial charge in [0.1, 0.15) is 5.76 Å². The Bertz CT molecular complexity index is 1350. The Balaban J connectivity index is 1.73. The molecule has 1 atom stereocenters. The third-order valence-electron chi connectivity index (χ3n) is 5.25. The lowest BCUT2D eigenvalue weighted by Gasteiger charge is -2.22. The standard InChI is InChI=1S/C24H17N3O3S/c1-14-7-8-17-18(13-14)31-24(26-17)27-20(15-5-3-2-4-6-15)19(22(29)23(27)30)21(28)16-9-11-25-12-10-16/h2-13,20,28H,1H3/b21-19+. The van der Waals surface area contributed by atoms with Gasteiger partial charge in [0.15, 0.2) is 5.13 Å². The largest absolute Gasteiger partial charge is 0.507 e. The SMILES string of the molecule is Cc1ccc2nc(N3C(=O)C(=O)/C(=C(/O)c4ccncc4)C3c3ccccc3)sc2c1. The number of hydrogen-bond donors (Lipinski definition) is 1. The summed E-state index contributed by atoms with van der Waals surface area (Å²) in [6, 6.07) is 17.5. The zero-order chi connectivity index (χ0) is 21.5. The molecule has 3 heterocycles. The molecular formula is C24H17N3O3S. The van der Waals surface area contributed by atoms with Gasteiger partial charge in [-0.1, -0.05) is 47.7 Å². The minimum absolute atomic E-state index is 0.0397. The van der Waals surface area contributed by atoms with Crippen molar-refractivity contribution >= 4 is 44.1 Å². The maximum absolute atomic E-state index is 13.2. The first-order valence-corrected chi connectivity index (χ1v) is 10.5. The molecule has 1 N–H and O–H groups in total. The number of thiazole rings is 1. The summed E-state index contributed by atoms with van der Waals surface area (Å²) in [6.07, 6.45) is 3.05. The molecule has 0 spiro atoms. The molecule has 7 heteroatoms. The van der Waals surface area contributed by atoms with Crippen LogP contribution in [0, 0.1) is 6.92 Å². The van der Waals surface area contributed by atoms with Crippen LogP contribution in [0.2, 0.25) is 0 Å². The summed E-state index contributed by atoms with van der Waals surface area (Å²) >= 11 is 1.35. The first-order valence-electron chi connectivity index (χ1n) is 9.68. The second-order valence-corrected chi connectivity index (χ2v) is 8.29. The maximum Gasteiger partial charge on any atom is 0.301 e. The predicted molar refractivity (Wildman–Crippen MR) is 120 cm³/mol. The van der Waals surface area contributed by atoms with Crippen molar-refractivity contribution in [2.75, 3.05) is 4.90 Å². The summed E-state index contributed by atoms with van der Waals surface area (Å²) in [7, 11) is 0. The maximum atomic E-state index is 13.2. The molecule has 4 aromatic rings. The minimum Gasteiger partial charge on any atom is -0.507 e. The van der Waals surface area contributed by atoms with Crippen molar-refractivity contribution in [2.24, 2.45) is 0 Å². The number of carbonyl (C=O) groups is 2. The molecule has 1 amide bonds. The van der Waals surface area contributed by atoms with Crippen molar-refractivity contribution in [1.29, 1.82) is 0 Å². The van der Waals surface area contributed by atoms with E-state index in [1.807, 2.05) is 55.5 Å². The number of nitrogens with zero attached hydrogens (tertiary/aromatic N) is 3. The van der Waals surface area contributed by atoms with Gasteiger partial charge in [-0.05, 0) is 42.3 Å². The van der Waals surface area contributed by atoms with Crippen molar-refractivity contribution in [1.82, 2.24) is 9.97 Å². The fraction of sp³-hybridized carbons (Fsp3) is 0.0833. The molecule has 1 unspecified atom stereocenters. The Kier molecular flexibility index (Phi) is 4.60. The second kappa shape index (κ2) is 7.45. The fourth-order valence-corrected chi connectivity index (χ4v) is 4.86. The van der Waals surface area contributed by atoms with Crippen LogP contribution < -0.4 is 4.90 Å². The van der Waals surface area contributed by atoms with E-state index < -0.39 is 17.7 Å². The highest BCUT2D eigenvalue weighted by Crippen LogP contribution is 2.44. The van der Waals surface area contributed by atoms with Crippen molar-refractivity contribution in [3.8, 4) is 0 Å². The summed E-state index contributed by atoms with van der Waals surface area (Å²) in [5, 5.41) is 11.4. The Morgan fingerprint density at radius 2 is 1.77 bits per heavy atom. The van der Waals surface area contributed by atoms with Gasteiger partial charge in [0.25, 0.3) is 5.78 Å². The average Bonchev–Trinajstić information content (AvgIpc) is 3.32. The number of benzene rings is 2. The number of Topliss-reactive ketones (excluding diaryl/α,β-unsaturated/α-hetero) is 1. The smallest absolute Gasteiger partial charge is 0.301 e. The van der Waals surface area contributed by atoms with Crippen LogP contribution in [0.1, 0.15) is 22.7 Å². The van der Waals surface area contributed by atoms with Gasteiger partial charge in [-0.15, -0.1) is 0 Å². The van der Waals surface area contributed by atoms with Gasteiger partial charge in [0.2, 0.25) is 0 Å². The topological polar surface area (TPSA) is 83.4 Å². The van der Waals surface area contributed by atoms with E-state index in [-0.39, 0.29) is 11.3 Å². The van der Waals surface area contributed by atoms with Crippen molar-refractivity contribution in [3.63, 3.8) is 0 Å². The van der Waals surface area contributed by atoms with Gasteiger partial charge >= 0.3 is 5.91 Å². The number of fused-ring (bicyclic) bond motifs is 1. The van der Waals surface area contributed by atoms with E-state index in [4.69, 9.17) is 0 Å². The van der Waals surface area contributed by atoms with Crippen molar-refractivity contribution in [2.45, 2.75) is 13.0 Å². The van der Waals surface area contributed by atoms with E-state index in [1.165, 1.54) is 28.6 Å². The summed E-state index contributed by atoms with van der Waals surface area (Å²) < 4.78 is 0.929. The normalized spacial score (nSPS) is 18.1. The molecule has 152 valence electrons. The van der Waals surface area contributed by atoms with E-state index in [2.05, 4.69) is 9.97 Å². The van der Waals surface area contributed by atoms with Crippen LogP contribution in [0.5, 0.6) is 0 Å². The number of ketones is 1. The molecule has 1 aliphatic rings. The first-order chi connectivity index (χ1) is 15.0. The van der Waals surface area contributed by atoms with Crippen LogP contribution in [0.15, 0.2) is 78.6 Å². The monoisotopic (exact) mass is 427 g/mol. The van der Waals surface area contributed by atoms with E-state index >= 15 is 0 Å². The number of anilines is 1. The zero-order valence-electron chi connectivity index (χ0n) is 16.5. The number of aromatic nitrogens is 2. The summed E-state index contributed by atoms with van der Waals surface area (Å²) in [5.41, 5.74) is 3.02. The van der Waals surface area contributed by atoms with Gasteiger partial charge in [0, 0.05) is 18.0 Å². The highest BCUT2D eigenvalue weighted by Gasteiger charge is 2.48. The van der Waals surface area contributed by atoms with Crippen molar-refractivity contribution in [3.05, 3.63) is 95.3 Å². The van der Waals surface area contributed by atoms with E-state index in [1.54, 1.807) is 12.1 Å². The molecule has 0 bridgehead atoms. The molecule has 2 aromatic heterocycles. The van der Waals surface area contributed by atoms with Crippen LogP contribution >= 0.6 is 11.3 Å². The van der Waals surface area contributed by atoms with Gasteiger partial charge < -0.3 is 5.11 Å². The number of pyridine rings is 1. The summed E-state index contributed by atoms with van der Waals surface area (Å²) in [5.74, 6) is -1.67. The quantitative estimate of drug-likeness (QED) is 0.293. The molecule has 0 radical (unpaired) electrons. The molecule has 1 fully saturated rings. The van der Waals surface area contributed by atoms with Crippen LogP contribution in [-0.4, -0.2) is 26.8 Å². The van der Waals surface area contributed by atoms with E-state index in [9.17, 15) is 14.7 Å². The summed E-state index contributed by atoms with van der Waals surface area (Å²) in [4.78, 5) is 36.2. The Morgan fingerprint density at radius 1 is 1.03 bits per heavy atom. The number of aliphatic hydroxyl groups is 1. The van der Waals surface area contributed by atoms with Crippen molar-refractivity contribution < 1.29 is 14.7 Å². The van der Waals surface area contributed by atoms with Crippen LogP contribution in [-0.2, 0) is 9.59 Å². The second-order valence-electron chi connectivity index (χ2n) is 7.28. The minimum atomic E-state index is -0.781. The number of aliphatic hydroxyl groups excluding tert-OH is 1. The lowest BCUT2D eigenvalue weighted by molar-refractivity contribution is -0.132. The number of rotatable bonds is 3. The predicted octanol–water partition coefficient (Wildman–Crippen LogP) is 4.63. The van der Waals surface area contributed by atoms with Gasteiger partial charge in [-0.25, -0.2) is 4.98 Å². The Labute approximate surface area is 182 Å². The number of hydrogen-bond acceptors (Lipinski definition) is 6.